The van der Waals surface area contributed by atoms with E-state index in [4.69, 9.17) is 0 Å². The van der Waals surface area contributed by atoms with Crippen molar-refractivity contribution in [1.82, 2.24) is 4.90 Å². The summed E-state index contributed by atoms with van der Waals surface area (Å²) in [4.78, 5) is 1.60. The zero-order valence-corrected chi connectivity index (χ0v) is 12.1. The third-order valence-corrected chi connectivity index (χ3v) is 4.23. The molecule has 4 heteroatoms. The second-order valence-electron chi connectivity index (χ2n) is 5.66. The van der Waals surface area contributed by atoms with Crippen molar-refractivity contribution in [1.29, 1.82) is 0 Å². The lowest BCUT2D eigenvalue weighted by atomic mass is 9.96. The zero-order chi connectivity index (χ0) is 15.6. The minimum Gasteiger partial charge on any atom is -0.281 e. The number of nitrogens with zero attached hydrogens (tertiary/aromatic N) is 1. The maximum Gasteiger partial charge on any atom is 0.404 e. The SMILES string of the molecule is FC(F)(F)C1CCCN1C(c1ccccc1)c1ccccc1. The number of rotatable bonds is 3. The Morgan fingerprint density at radius 3 is 1.82 bits per heavy atom. The largest absolute Gasteiger partial charge is 0.404 e. The van der Waals surface area contributed by atoms with Crippen LogP contribution in [-0.4, -0.2) is 23.7 Å². The third kappa shape index (κ3) is 3.02. The summed E-state index contributed by atoms with van der Waals surface area (Å²) in [6, 6.07) is 17.2. The molecule has 2 aromatic carbocycles. The fourth-order valence-corrected chi connectivity index (χ4v) is 3.30. The van der Waals surface area contributed by atoms with E-state index in [1.165, 1.54) is 0 Å². The van der Waals surface area contributed by atoms with Gasteiger partial charge in [-0.2, -0.15) is 13.2 Å². The highest BCUT2D eigenvalue weighted by Crippen LogP contribution is 2.40. The highest BCUT2D eigenvalue weighted by molar-refractivity contribution is 5.32. The molecule has 2 aromatic rings. The lowest BCUT2D eigenvalue weighted by Crippen LogP contribution is -2.43. The molecule has 0 aromatic heterocycles. The summed E-state index contributed by atoms with van der Waals surface area (Å²) in [5, 5.41) is 0. The van der Waals surface area contributed by atoms with Gasteiger partial charge in [0.1, 0.15) is 6.04 Å². The first kappa shape index (κ1) is 15.1. The Labute approximate surface area is 128 Å². The first-order chi connectivity index (χ1) is 10.6. The molecule has 0 amide bonds. The van der Waals surface area contributed by atoms with Crippen molar-refractivity contribution in [2.75, 3.05) is 6.54 Å². The van der Waals surface area contributed by atoms with Crippen molar-refractivity contribution in [2.24, 2.45) is 0 Å². The number of hydrogen-bond donors (Lipinski definition) is 0. The molecule has 0 aliphatic carbocycles. The van der Waals surface area contributed by atoms with Gasteiger partial charge < -0.3 is 0 Å². The summed E-state index contributed by atoms with van der Waals surface area (Å²) in [7, 11) is 0. The smallest absolute Gasteiger partial charge is 0.281 e. The third-order valence-electron chi connectivity index (χ3n) is 4.23. The average molecular weight is 305 g/mol. The Morgan fingerprint density at radius 2 is 1.36 bits per heavy atom. The predicted octanol–water partition coefficient (Wildman–Crippen LogP) is 4.80. The van der Waals surface area contributed by atoms with Gasteiger partial charge in [-0.05, 0) is 30.5 Å². The van der Waals surface area contributed by atoms with Crippen molar-refractivity contribution in [3.05, 3.63) is 71.8 Å². The van der Waals surface area contributed by atoms with Crippen LogP contribution in [0.2, 0.25) is 0 Å². The molecule has 0 saturated carbocycles. The van der Waals surface area contributed by atoms with Gasteiger partial charge in [0.2, 0.25) is 0 Å². The summed E-state index contributed by atoms with van der Waals surface area (Å²) < 4.78 is 40.1. The van der Waals surface area contributed by atoms with Crippen LogP contribution in [0.3, 0.4) is 0 Å². The molecule has 0 radical (unpaired) electrons. The van der Waals surface area contributed by atoms with E-state index in [1.807, 2.05) is 60.7 Å². The summed E-state index contributed by atoms with van der Waals surface area (Å²) in [6.45, 7) is 0.471. The lowest BCUT2D eigenvalue weighted by Gasteiger charge is -2.34. The number of hydrogen-bond acceptors (Lipinski definition) is 1. The molecule has 1 unspecified atom stereocenters. The van der Waals surface area contributed by atoms with Gasteiger partial charge >= 0.3 is 6.18 Å². The van der Waals surface area contributed by atoms with E-state index in [0.29, 0.717) is 13.0 Å². The molecule has 1 atom stereocenters. The summed E-state index contributed by atoms with van der Waals surface area (Å²) in [6.07, 6.45) is -3.42. The van der Waals surface area contributed by atoms with Gasteiger partial charge in [-0.25, -0.2) is 0 Å². The van der Waals surface area contributed by atoms with Gasteiger partial charge in [-0.15, -0.1) is 0 Å². The molecule has 1 aliphatic rings. The number of alkyl halides is 3. The van der Waals surface area contributed by atoms with Gasteiger partial charge in [-0.3, -0.25) is 4.90 Å². The van der Waals surface area contributed by atoms with E-state index in [9.17, 15) is 13.2 Å². The zero-order valence-electron chi connectivity index (χ0n) is 12.1. The van der Waals surface area contributed by atoms with Crippen LogP contribution in [0.25, 0.3) is 0 Å². The molecule has 0 spiro atoms. The van der Waals surface area contributed by atoms with Crippen molar-refractivity contribution in [3.63, 3.8) is 0 Å². The van der Waals surface area contributed by atoms with Crippen molar-refractivity contribution in [2.45, 2.75) is 31.1 Å². The van der Waals surface area contributed by atoms with Crippen LogP contribution in [-0.2, 0) is 0 Å². The molecular formula is C18H18F3N. The van der Waals surface area contributed by atoms with Crippen LogP contribution in [0.15, 0.2) is 60.7 Å². The van der Waals surface area contributed by atoms with Gasteiger partial charge in [0, 0.05) is 0 Å². The maximum atomic E-state index is 13.4. The second-order valence-corrected chi connectivity index (χ2v) is 5.66. The molecule has 1 saturated heterocycles. The lowest BCUT2D eigenvalue weighted by molar-refractivity contribution is -0.179. The Hall–Kier alpha value is -1.81. The van der Waals surface area contributed by atoms with Crippen molar-refractivity contribution in [3.8, 4) is 0 Å². The summed E-state index contributed by atoms with van der Waals surface area (Å²) in [5.41, 5.74) is 1.81. The van der Waals surface area contributed by atoms with E-state index in [2.05, 4.69) is 0 Å². The normalized spacial score (nSPS) is 19.7. The number of halogens is 3. The molecule has 1 nitrogen and oxygen atoms in total. The van der Waals surface area contributed by atoms with Gasteiger partial charge in [-0.1, -0.05) is 60.7 Å². The molecule has 1 aliphatic heterocycles. The van der Waals surface area contributed by atoms with Gasteiger partial charge in [0.05, 0.1) is 6.04 Å². The van der Waals surface area contributed by atoms with Gasteiger partial charge in [0.25, 0.3) is 0 Å². The topological polar surface area (TPSA) is 3.24 Å². The Bertz CT molecular complexity index is 555. The molecule has 1 fully saturated rings. The van der Waals surface area contributed by atoms with Crippen molar-refractivity contribution < 1.29 is 13.2 Å². The number of likely N-dealkylation sites (tertiary alicyclic amines) is 1. The second kappa shape index (κ2) is 6.13. The quantitative estimate of drug-likeness (QED) is 0.787. The standard InChI is InChI=1S/C18H18F3N/c19-18(20,21)16-12-7-13-22(16)17(14-8-3-1-4-9-14)15-10-5-2-6-11-15/h1-6,8-11,16-17H,7,12-13H2. The van der Waals surface area contributed by atoms with E-state index >= 15 is 0 Å². The Kier molecular flexibility index (Phi) is 4.21. The first-order valence-electron chi connectivity index (χ1n) is 7.50. The van der Waals surface area contributed by atoms with Crippen LogP contribution >= 0.6 is 0 Å². The first-order valence-corrected chi connectivity index (χ1v) is 7.50. The molecular weight excluding hydrogens is 287 g/mol. The highest BCUT2D eigenvalue weighted by atomic mass is 19.4. The van der Waals surface area contributed by atoms with Crippen LogP contribution in [0, 0.1) is 0 Å². The molecule has 116 valence electrons. The minimum absolute atomic E-state index is 0.180. The predicted molar refractivity (Wildman–Crippen MR) is 80.5 cm³/mol. The molecule has 22 heavy (non-hydrogen) atoms. The van der Waals surface area contributed by atoms with Crippen LogP contribution < -0.4 is 0 Å². The highest BCUT2D eigenvalue weighted by Gasteiger charge is 2.48. The Balaban J connectivity index is 2.03. The van der Waals surface area contributed by atoms with E-state index in [0.717, 1.165) is 11.1 Å². The maximum absolute atomic E-state index is 13.4. The molecule has 0 N–H and O–H groups in total. The van der Waals surface area contributed by atoms with E-state index < -0.39 is 12.2 Å². The number of benzene rings is 2. The van der Waals surface area contributed by atoms with E-state index in [-0.39, 0.29) is 12.5 Å². The molecule has 0 bridgehead atoms. The monoisotopic (exact) mass is 305 g/mol. The van der Waals surface area contributed by atoms with Crippen LogP contribution in [0.4, 0.5) is 13.2 Å². The van der Waals surface area contributed by atoms with E-state index in [1.54, 1.807) is 4.90 Å². The van der Waals surface area contributed by atoms with Crippen molar-refractivity contribution >= 4 is 0 Å². The van der Waals surface area contributed by atoms with Crippen LogP contribution in [0.1, 0.15) is 30.0 Å². The molecule has 3 rings (SSSR count). The Morgan fingerprint density at radius 1 is 0.864 bits per heavy atom. The minimum atomic E-state index is -4.18. The summed E-state index contributed by atoms with van der Waals surface area (Å²) >= 11 is 0. The fourth-order valence-electron chi connectivity index (χ4n) is 3.30. The van der Waals surface area contributed by atoms with Gasteiger partial charge in [0.15, 0.2) is 0 Å². The molecule has 1 heterocycles. The fraction of sp³-hybridized carbons (Fsp3) is 0.333. The van der Waals surface area contributed by atoms with Crippen LogP contribution in [0.5, 0.6) is 0 Å². The summed E-state index contributed by atoms with van der Waals surface area (Å²) in [5.74, 6) is 0. The average Bonchev–Trinajstić information content (AvgIpc) is 2.99.